The number of carbonyl (C=O) groups excluding carboxylic acids is 1. The van der Waals surface area contributed by atoms with Crippen molar-refractivity contribution in [1.82, 2.24) is 19.8 Å². The molecule has 0 spiro atoms. The van der Waals surface area contributed by atoms with Gasteiger partial charge in [0.2, 0.25) is 0 Å². The van der Waals surface area contributed by atoms with Gasteiger partial charge in [0.1, 0.15) is 5.82 Å². The normalized spacial score (nSPS) is 17.1. The molecule has 1 unspecified atom stereocenters. The van der Waals surface area contributed by atoms with E-state index in [0.29, 0.717) is 17.2 Å². The van der Waals surface area contributed by atoms with E-state index in [9.17, 15) is 9.18 Å². The van der Waals surface area contributed by atoms with Crippen LogP contribution >= 0.6 is 0 Å². The number of aromatic nitrogens is 2. The van der Waals surface area contributed by atoms with Crippen LogP contribution in [0.25, 0.3) is 16.6 Å². The third-order valence-corrected chi connectivity index (χ3v) is 5.92. The Kier molecular flexibility index (Phi) is 5.37. The second-order valence-corrected chi connectivity index (χ2v) is 8.06. The van der Waals surface area contributed by atoms with Gasteiger partial charge in [-0.3, -0.25) is 9.78 Å². The van der Waals surface area contributed by atoms with E-state index in [1.165, 1.54) is 17.7 Å². The monoisotopic (exact) mass is 396 g/mol. The minimum atomic E-state index is -0.416. The molecule has 2 aromatic heterocycles. The molecule has 1 aliphatic rings. The molecule has 3 heterocycles. The molecular weight excluding hydrogens is 367 g/mol. The molecule has 5 nitrogen and oxygen atoms in total. The third-order valence-electron chi connectivity index (χ3n) is 5.92. The number of benzene rings is 1. The summed E-state index contributed by atoms with van der Waals surface area (Å²) in [4.78, 5) is 19.0. The van der Waals surface area contributed by atoms with Crippen molar-refractivity contribution >= 4 is 16.8 Å². The number of nitrogens with zero attached hydrogens (tertiary/aromatic N) is 3. The van der Waals surface area contributed by atoms with Gasteiger partial charge in [0.25, 0.3) is 5.91 Å². The van der Waals surface area contributed by atoms with Crippen molar-refractivity contribution in [3.63, 3.8) is 0 Å². The smallest absolute Gasteiger partial charge is 0.256 e. The van der Waals surface area contributed by atoms with Crippen LogP contribution in [0.5, 0.6) is 0 Å². The molecule has 29 heavy (non-hydrogen) atoms. The highest BCUT2D eigenvalue weighted by Crippen LogP contribution is 2.34. The minimum Gasteiger partial charge on any atom is -0.339 e. The summed E-state index contributed by atoms with van der Waals surface area (Å²) in [6.45, 7) is 5.88. The van der Waals surface area contributed by atoms with Crippen LogP contribution in [0.15, 0.2) is 42.9 Å². The van der Waals surface area contributed by atoms with E-state index in [4.69, 9.17) is 0 Å². The Bertz CT molecular complexity index is 1040. The van der Waals surface area contributed by atoms with E-state index in [2.05, 4.69) is 16.5 Å². The molecule has 0 aliphatic carbocycles. The van der Waals surface area contributed by atoms with E-state index in [-0.39, 0.29) is 13.4 Å². The minimum absolute atomic E-state index is 0. The fraction of sp³-hybridized carbons (Fsp3) is 0.391. The zero-order chi connectivity index (χ0) is 20.5. The summed E-state index contributed by atoms with van der Waals surface area (Å²) in [7, 11) is 1.75. The second kappa shape index (κ2) is 7.95. The largest absolute Gasteiger partial charge is 0.339 e. The van der Waals surface area contributed by atoms with E-state index >= 15 is 0 Å². The molecule has 1 N–H and O–H groups in total. The Labute approximate surface area is 172 Å². The molecule has 0 radical (unpaired) electrons. The molecule has 154 valence electrons. The molecule has 1 aromatic carbocycles. The van der Waals surface area contributed by atoms with Gasteiger partial charge in [0, 0.05) is 38.8 Å². The van der Waals surface area contributed by atoms with Crippen LogP contribution in [0.1, 0.15) is 50.0 Å². The summed E-state index contributed by atoms with van der Waals surface area (Å²) in [6.07, 6.45) is 7.99. The van der Waals surface area contributed by atoms with Gasteiger partial charge in [0.05, 0.1) is 23.0 Å². The molecule has 4 rings (SSSR count). The fourth-order valence-electron chi connectivity index (χ4n) is 4.06. The fourth-order valence-corrected chi connectivity index (χ4v) is 4.06. The van der Waals surface area contributed by atoms with Crippen molar-refractivity contribution in [2.75, 3.05) is 20.1 Å². The summed E-state index contributed by atoms with van der Waals surface area (Å²) in [6, 6.07) is 6.48. The number of rotatable bonds is 4. The van der Waals surface area contributed by atoms with Crippen molar-refractivity contribution in [3.05, 3.63) is 59.8 Å². The zero-order valence-corrected chi connectivity index (χ0v) is 17.2. The second-order valence-electron chi connectivity index (χ2n) is 8.06. The van der Waals surface area contributed by atoms with Gasteiger partial charge < -0.3 is 14.8 Å². The topological polar surface area (TPSA) is 50.2 Å². The van der Waals surface area contributed by atoms with Crippen molar-refractivity contribution < 1.29 is 10.6 Å². The number of fused-ring (bicyclic) bond motifs is 1. The van der Waals surface area contributed by atoms with Gasteiger partial charge in [-0.15, -0.1) is 0 Å². The maximum atomic E-state index is 14.1. The van der Waals surface area contributed by atoms with E-state index in [1.54, 1.807) is 24.2 Å². The molecule has 3 aromatic rings. The Morgan fingerprint density at radius 3 is 2.93 bits per heavy atom. The van der Waals surface area contributed by atoms with Gasteiger partial charge in [-0.1, -0.05) is 0 Å². The van der Waals surface area contributed by atoms with Crippen LogP contribution in [-0.4, -0.2) is 46.5 Å². The number of amides is 1. The summed E-state index contributed by atoms with van der Waals surface area (Å²) in [5.74, 6) is -0.200. The Balaban J connectivity index is 0.00000256. The lowest BCUT2D eigenvalue weighted by Gasteiger charge is -2.23. The maximum absolute atomic E-state index is 14.1. The molecule has 1 amide bonds. The first-order chi connectivity index (χ1) is 14.0. The van der Waals surface area contributed by atoms with Crippen LogP contribution < -0.4 is 5.32 Å². The average molecular weight is 397 g/mol. The molecule has 1 saturated heterocycles. The predicted molar refractivity (Wildman–Crippen MR) is 115 cm³/mol. The number of nitrogens with one attached hydrogen (secondary N) is 1. The first kappa shape index (κ1) is 19.6. The lowest BCUT2D eigenvalue weighted by atomic mass is 9.92. The standard InChI is InChI=1S/C23H27FN4O.H2/c1-15(2)27(3)23(29)19-11-17(24)6-7-21(19)28-14-20(16-5-4-9-25-12-16)18-8-10-26-13-22(18)28;/h6-8,10-11,13-16,25H,4-5,9,12H2,1-3H3;1H. The number of hydrogen-bond acceptors (Lipinski definition) is 3. The van der Waals surface area contributed by atoms with Crippen LogP contribution in [0.3, 0.4) is 0 Å². The molecule has 6 heteroatoms. The van der Waals surface area contributed by atoms with Crippen LogP contribution in [-0.2, 0) is 0 Å². The Morgan fingerprint density at radius 1 is 1.38 bits per heavy atom. The summed E-state index contributed by atoms with van der Waals surface area (Å²) >= 11 is 0. The number of pyridine rings is 1. The van der Waals surface area contributed by atoms with Gasteiger partial charge in [-0.25, -0.2) is 4.39 Å². The number of halogens is 1. The van der Waals surface area contributed by atoms with Crippen LogP contribution in [0, 0.1) is 5.82 Å². The number of hydrogen-bond donors (Lipinski definition) is 1. The van der Waals surface area contributed by atoms with Crippen LogP contribution in [0.4, 0.5) is 4.39 Å². The Hall–Kier alpha value is -2.73. The predicted octanol–water partition coefficient (Wildman–Crippen LogP) is 4.36. The molecule has 0 saturated carbocycles. The number of piperidine rings is 1. The van der Waals surface area contributed by atoms with E-state index in [0.717, 1.165) is 36.8 Å². The first-order valence-corrected chi connectivity index (χ1v) is 10.2. The van der Waals surface area contributed by atoms with E-state index in [1.807, 2.05) is 30.7 Å². The summed E-state index contributed by atoms with van der Waals surface area (Å²) in [5.41, 5.74) is 3.21. The molecule has 0 bridgehead atoms. The summed E-state index contributed by atoms with van der Waals surface area (Å²) in [5, 5.41) is 4.61. The lowest BCUT2D eigenvalue weighted by Crippen LogP contribution is -2.33. The zero-order valence-electron chi connectivity index (χ0n) is 17.2. The molecular formula is C23H29FN4O. The Morgan fingerprint density at radius 2 is 2.21 bits per heavy atom. The molecule has 1 fully saturated rings. The van der Waals surface area contributed by atoms with Gasteiger partial charge in [-0.2, -0.15) is 0 Å². The van der Waals surface area contributed by atoms with Crippen molar-refractivity contribution in [3.8, 4) is 5.69 Å². The number of carbonyl (C=O) groups is 1. The highest BCUT2D eigenvalue weighted by atomic mass is 19.1. The maximum Gasteiger partial charge on any atom is 0.256 e. The van der Waals surface area contributed by atoms with Crippen molar-refractivity contribution in [2.24, 2.45) is 0 Å². The average Bonchev–Trinajstić information content (AvgIpc) is 3.13. The van der Waals surface area contributed by atoms with Crippen LogP contribution in [0.2, 0.25) is 0 Å². The van der Waals surface area contributed by atoms with Gasteiger partial charge in [0.15, 0.2) is 0 Å². The quantitative estimate of drug-likeness (QED) is 0.713. The van der Waals surface area contributed by atoms with Gasteiger partial charge in [-0.05, 0) is 69.0 Å². The highest BCUT2D eigenvalue weighted by Gasteiger charge is 2.24. The summed E-state index contributed by atoms with van der Waals surface area (Å²) < 4.78 is 16.1. The molecule has 1 atom stereocenters. The molecule has 1 aliphatic heterocycles. The van der Waals surface area contributed by atoms with Crippen molar-refractivity contribution in [2.45, 2.75) is 38.6 Å². The first-order valence-electron chi connectivity index (χ1n) is 10.2. The van der Waals surface area contributed by atoms with E-state index < -0.39 is 5.82 Å². The van der Waals surface area contributed by atoms with Crippen molar-refractivity contribution in [1.29, 1.82) is 0 Å². The highest BCUT2D eigenvalue weighted by molar-refractivity contribution is 5.99. The van der Waals surface area contributed by atoms with Gasteiger partial charge >= 0.3 is 0 Å². The SMILES string of the molecule is CC(C)N(C)C(=O)c1cc(F)ccc1-n1cc(C2CCCNC2)c2ccncc21.[HH]. The lowest BCUT2D eigenvalue weighted by molar-refractivity contribution is 0.0754. The third kappa shape index (κ3) is 3.65.